The number of carbonyl (C=O) groups is 2. The molecule has 1 atom stereocenters. The molecule has 0 radical (unpaired) electrons. The number of hydrogen-bond donors (Lipinski definition) is 1. The van der Waals surface area contributed by atoms with Crippen LogP contribution in [0, 0.1) is 0 Å². The maximum absolute atomic E-state index is 13.1. The number of amides is 2. The second-order valence-corrected chi connectivity index (χ2v) is 9.84. The van der Waals surface area contributed by atoms with Crippen molar-refractivity contribution in [1.29, 1.82) is 0 Å². The van der Waals surface area contributed by atoms with E-state index in [4.69, 9.17) is 4.74 Å². The molecule has 7 heteroatoms. The standard InChI is InChI=1S/C30H32N4O3/c1-33(21-22-8-11-24(12-9-22)34-19-5-18-31-34)29(36)15-17-30(16-14-28(35)32-30)20-23-10-13-27(37-2)26-7-4-3-6-25(23)26/h3-13,18-19H,14-17,20-21H2,1-2H3,(H,32,35). The van der Waals surface area contributed by atoms with E-state index in [-0.39, 0.29) is 11.8 Å². The van der Waals surface area contributed by atoms with E-state index in [0.29, 0.717) is 32.2 Å². The van der Waals surface area contributed by atoms with Crippen molar-refractivity contribution in [2.45, 2.75) is 44.2 Å². The number of ether oxygens (including phenoxy) is 1. The van der Waals surface area contributed by atoms with Crippen LogP contribution >= 0.6 is 0 Å². The molecular weight excluding hydrogens is 464 g/mol. The summed E-state index contributed by atoms with van der Waals surface area (Å²) in [5.41, 5.74) is 2.75. The Morgan fingerprint density at radius 3 is 2.54 bits per heavy atom. The van der Waals surface area contributed by atoms with E-state index in [1.165, 1.54) is 0 Å². The van der Waals surface area contributed by atoms with Gasteiger partial charge in [0.15, 0.2) is 0 Å². The van der Waals surface area contributed by atoms with Gasteiger partial charge in [0.1, 0.15) is 5.75 Å². The van der Waals surface area contributed by atoms with E-state index in [1.807, 2.05) is 61.8 Å². The molecule has 1 N–H and O–H groups in total. The molecule has 1 aliphatic heterocycles. The molecule has 0 bridgehead atoms. The third-order valence-corrected chi connectivity index (χ3v) is 7.33. The smallest absolute Gasteiger partial charge is 0.222 e. The average molecular weight is 497 g/mol. The molecule has 2 heterocycles. The van der Waals surface area contributed by atoms with Crippen molar-refractivity contribution < 1.29 is 14.3 Å². The van der Waals surface area contributed by atoms with Crippen molar-refractivity contribution in [3.8, 4) is 11.4 Å². The monoisotopic (exact) mass is 496 g/mol. The van der Waals surface area contributed by atoms with Crippen molar-refractivity contribution in [3.63, 3.8) is 0 Å². The van der Waals surface area contributed by atoms with Crippen LogP contribution in [0.5, 0.6) is 5.75 Å². The zero-order valence-corrected chi connectivity index (χ0v) is 21.3. The van der Waals surface area contributed by atoms with Gasteiger partial charge in [-0.25, -0.2) is 4.68 Å². The van der Waals surface area contributed by atoms with E-state index < -0.39 is 5.54 Å². The molecular formula is C30H32N4O3. The molecule has 1 fully saturated rings. The van der Waals surface area contributed by atoms with Gasteiger partial charge in [0, 0.05) is 49.8 Å². The molecule has 4 aromatic rings. The zero-order valence-electron chi connectivity index (χ0n) is 21.3. The first kappa shape index (κ1) is 24.6. The normalized spacial score (nSPS) is 17.1. The lowest BCUT2D eigenvalue weighted by Crippen LogP contribution is -2.44. The highest BCUT2D eigenvalue weighted by molar-refractivity contribution is 5.91. The Kier molecular flexibility index (Phi) is 6.95. The number of hydrogen-bond acceptors (Lipinski definition) is 4. The third kappa shape index (κ3) is 5.35. The van der Waals surface area contributed by atoms with Gasteiger partial charge < -0.3 is 15.0 Å². The maximum Gasteiger partial charge on any atom is 0.222 e. The van der Waals surface area contributed by atoms with Gasteiger partial charge in [-0.15, -0.1) is 0 Å². The highest BCUT2D eigenvalue weighted by atomic mass is 16.5. The van der Waals surface area contributed by atoms with Crippen LogP contribution in [-0.4, -0.2) is 46.2 Å². The number of fused-ring (bicyclic) bond motifs is 1. The molecule has 0 aliphatic carbocycles. The number of benzene rings is 3. The highest BCUT2D eigenvalue weighted by Gasteiger charge is 2.38. The maximum atomic E-state index is 13.1. The van der Waals surface area contributed by atoms with E-state index in [0.717, 1.165) is 39.8 Å². The van der Waals surface area contributed by atoms with Gasteiger partial charge >= 0.3 is 0 Å². The fourth-order valence-corrected chi connectivity index (χ4v) is 5.29. The number of nitrogens with zero attached hydrogens (tertiary/aromatic N) is 3. The molecule has 1 saturated heterocycles. The van der Waals surface area contributed by atoms with Gasteiger partial charge in [-0.2, -0.15) is 5.10 Å². The van der Waals surface area contributed by atoms with Gasteiger partial charge in [-0.1, -0.05) is 42.5 Å². The number of methoxy groups -OCH3 is 1. The van der Waals surface area contributed by atoms with Gasteiger partial charge in [-0.3, -0.25) is 9.59 Å². The molecule has 1 aromatic heterocycles. The van der Waals surface area contributed by atoms with Gasteiger partial charge in [0.25, 0.3) is 0 Å². The van der Waals surface area contributed by atoms with E-state index in [2.05, 4.69) is 28.6 Å². The number of carbonyl (C=O) groups excluding carboxylic acids is 2. The number of rotatable bonds is 9. The van der Waals surface area contributed by atoms with E-state index in [9.17, 15) is 9.59 Å². The number of nitrogens with one attached hydrogen (secondary N) is 1. The summed E-state index contributed by atoms with van der Waals surface area (Å²) < 4.78 is 7.36. The third-order valence-electron chi connectivity index (χ3n) is 7.33. The fourth-order valence-electron chi connectivity index (χ4n) is 5.29. The van der Waals surface area contributed by atoms with Crippen LogP contribution in [0.15, 0.2) is 79.1 Å². The summed E-state index contributed by atoms with van der Waals surface area (Å²) in [5, 5.41) is 9.64. The van der Waals surface area contributed by atoms with Crippen molar-refractivity contribution >= 4 is 22.6 Å². The largest absolute Gasteiger partial charge is 0.496 e. The fraction of sp³-hybridized carbons (Fsp3) is 0.300. The first-order chi connectivity index (χ1) is 18.0. The molecule has 7 nitrogen and oxygen atoms in total. The molecule has 2 amide bonds. The minimum Gasteiger partial charge on any atom is -0.496 e. The molecule has 0 spiro atoms. The first-order valence-corrected chi connectivity index (χ1v) is 12.6. The highest BCUT2D eigenvalue weighted by Crippen LogP contribution is 2.35. The van der Waals surface area contributed by atoms with Crippen LogP contribution in [0.1, 0.15) is 36.8 Å². The Balaban J connectivity index is 1.26. The summed E-state index contributed by atoms with van der Waals surface area (Å²) in [6.07, 6.45) is 6.50. The Bertz CT molecular complexity index is 1400. The summed E-state index contributed by atoms with van der Waals surface area (Å²) in [4.78, 5) is 27.2. The molecule has 37 heavy (non-hydrogen) atoms. The molecule has 0 saturated carbocycles. The molecule has 190 valence electrons. The zero-order chi connectivity index (χ0) is 25.8. The summed E-state index contributed by atoms with van der Waals surface area (Å²) in [6, 6.07) is 22.2. The Hall–Kier alpha value is -4.13. The van der Waals surface area contributed by atoms with E-state index in [1.54, 1.807) is 22.9 Å². The Morgan fingerprint density at radius 1 is 1.08 bits per heavy atom. The van der Waals surface area contributed by atoms with Crippen molar-refractivity contribution in [2.24, 2.45) is 0 Å². The van der Waals surface area contributed by atoms with Gasteiger partial charge in [-0.05, 0) is 60.0 Å². The van der Waals surface area contributed by atoms with Crippen LogP contribution in [0.4, 0.5) is 0 Å². The summed E-state index contributed by atoms with van der Waals surface area (Å²) in [5.74, 6) is 0.950. The lowest BCUT2D eigenvalue weighted by atomic mass is 9.83. The lowest BCUT2D eigenvalue weighted by Gasteiger charge is -2.31. The molecule has 1 unspecified atom stereocenters. The Labute approximate surface area is 217 Å². The second kappa shape index (κ2) is 10.5. The molecule has 5 rings (SSSR count). The minimum absolute atomic E-state index is 0.0518. The topological polar surface area (TPSA) is 76.5 Å². The summed E-state index contributed by atoms with van der Waals surface area (Å²) in [7, 11) is 3.51. The van der Waals surface area contributed by atoms with Crippen LogP contribution < -0.4 is 10.1 Å². The quantitative estimate of drug-likeness (QED) is 0.366. The van der Waals surface area contributed by atoms with Gasteiger partial charge in [0.2, 0.25) is 11.8 Å². The van der Waals surface area contributed by atoms with Gasteiger partial charge in [0.05, 0.1) is 12.8 Å². The first-order valence-electron chi connectivity index (χ1n) is 12.6. The van der Waals surface area contributed by atoms with E-state index >= 15 is 0 Å². The summed E-state index contributed by atoms with van der Waals surface area (Å²) in [6.45, 7) is 0.528. The molecule has 3 aromatic carbocycles. The predicted octanol–water partition coefficient (Wildman–Crippen LogP) is 4.66. The van der Waals surface area contributed by atoms with Crippen LogP contribution in [-0.2, 0) is 22.6 Å². The van der Waals surface area contributed by atoms with Crippen molar-refractivity contribution in [2.75, 3.05) is 14.2 Å². The molecule has 1 aliphatic rings. The van der Waals surface area contributed by atoms with Crippen molar-refractivity contribution in [3.05, 3.63) is 90.3 Å². The second-order valence-electron chi connectivity index (χ2n) is 9.84. The summed E-state index contributed by atoms with van der Waals surface area (Å²) >= 11 is 0. The average Bonchev–Trinajstić information content (AvgIpc) is 3.58. The number of aromatic nitrogens is 2. The lowest BCUT2D eigenvalue weighted by molar-refractivity contribution is -0.131. The van der Waals surface area contributed by atoms with Crippen LogP contribution in [0.3, 0.4) is 0 Å². The van der Waals surface area contributed by atoms with Crippen LogP contribution in [0.25, 0.3) is 16.5 Å². The van der Waals surface area contributed by atoms with Crippen molar-refractivity contribution in [1.82, 2.24) is 20.0 Å². The Morgan fingerprint density at radius 2 is 1.86 bits per heavy atom. The van der Waals surface area contributed by atoms with Crippen LogP contribution in [0.2, 0.25) is 0 Å². The SMILES string of the molecule is COc1ccc(CC2(CCC(=O)N(C)Cc3ccc(-n4cccn4)cc3)CCC(=O)N2)c2ccccc12. The predicted molar refractivity (Wildman–Crippen MR) is 144 cm³/mol. The minimum atomic E-state index is -0.434.